The van der Waals surface area contributed by atoms with Gasteiger partial charge in [-0.2, -0.15) is 0 Å². The molecule has 1 unspecified atom stereocenters. The van der Waals surface area contributed by atoms with Crippen LogP contribution < -0.4 is 5.32 Å². The molecule has 1 aliphatic rings. The first kappa shape index (κ1) is 12.9. The lowest BCUT2D eigenvalue weighted by molar-refractivity contribution is 0.0295. The van der Waals surface area contributed by atoms with Gasteiger partial charge in [0.2, 0.25) is 0 Å². The zero-order chi connectivity index (χ0) is 11.1. The second-order valence-electron chi connectivity index (χ2n) is 4.91. The van der Waals surface area contributed by atoms with E-state index < -0.39 is 0 Å². The summed E-state index contributed by atoms with van der Waals surface area (Å²) in [6, 6.07) is 0. The molecule has 0 bridgehead atoms. The topological polar surface area (TPSA) is 41.5 Å². The first-order valence-corrected chi connectivity index (χ1v) is 6.14. The van der Waals surface area contributed by atoms with Gasteiger partial charge in [0.15, 0.2) is 0 Å². The molecule has 0 spiro atoms. The molecule has 0 aromatic carbocycles. The summed E-state index contributed by atoms with van der Waals surface area (Å²) in [5.74, 6) is 0.759. The van der Waals surface area contributed by atoms with E-state index in [1.54, 1.807) is 0 Å². The fourth-order valence-electron chi connectivity index (χ4n) is 2.21. The summed E-state index contributed by atoms with van der Waals surface area (Å²) < 4.78 is 5.70. The highest BCUT2D eigenvalue weighted by molar-refractivity contribution is 4.81. The highest BCUT2D eigenvalue weighted by Gasteiger charge is 2.23. The third-order valence-electron chi connectivity index (χ3n) is 3.20. The Morgan fingerprint density at radius 3 is 2.60 bits per heavy atom. The van der Waals surface area contributed by atoms with E-state index in [2.05, 4.69) is 5.32 Å². The van der Waals surface area contributed by atoms with Crippen LogP contribution in [0.25, 0.3) is 0 Å². The quantitative estimate of drug-likeness (QED) is 0.677. The lowest BCUT2D eigenvalue weighted by atomic mass is 10.1. The zero-order valence-electron chi connectivity index (χ0n) is 10.1. The molecule has 0 amide bonds. The lowest BCUT2D eigenvalue weighted by Crippen LogP contribution is -2.49. The van der Waals surface area contributed by atoms with Gasteiger partial charge in [-0.25, -0.2) is 0 Å². The van der Waals surface area contributed by atoms with Gasteiger partial charge in [0, 0.05) is 6.61 Å². The predicted octanol–water partition coefficient (Wildman–Crippen LogP) is 1.55. The molecule has 0 saturated heterocycles. The van der Waals surface area contributed by atoms with Gasteiger partial charge >= 0.3 is 0 Å². The van der Waals surface area contributed by atoms with E-state index in [9.17, 15) is 5.11 Å². The Hall–Kier alpha value is -0.120. The van der Waals surface area contributed by atoms with Gasteiger partial charge in [0.05, 0.1) is 18.8 Å². The molecule has 3 nitrogen and oxygen atoms in total. The van der Waals surface area contributed by atoms with Crippen molar-refractivity contribution in [1.82, 2.24) is 5.32 Å². The maximum atomic E-state index is 9.27. The van der Waals surface area contributed by atoms with E-state index in [-0.39, 0.29) is 12.1 Å². The molecular weight excluding hydrogens is 190 g/mol. The van der Waals surface area contributed by atoms with Crippen LogP contribution in [0.2, 0.25) is 0 Å². The summed E-state index contributed by atoms with van der Waals surface area (Å²) >= 11 is 0. The van der Waals surface area contributed by atoms with Crippen molar-refractivity contribution in [3.63, 3.8) is 0 Å². The Kier molecular flexibility index (Phi) is 5.58. The van der Waals surface area contributed by atoms with Crippen molar-refractivity contribution in [2.45, 2.75) is 45.1 Å². The van der Waals surface area contributed by atoms with Crippen molar-refractivity contribution in [1.29, 1.82) is 0 Å². The summed E-state index contributed by atoms with van der Waals surface area (Å²) in [5, 5.41) is 12.5. The number of likely N-dealkylation sites (N-methyl/N-ethyl adjacent to an activating group) is 1. The number of hydrogen-bond acceptors (Lipinski definition) is 3. The minimum Gasteiger partial charge on any atom is -0.394 e. The molecule has 0 aliphatic heterocycles. The maximum Gasteiger partial charge on any atom is 0.0668 e. The van der Waals surface area contributed by atoms with Crippen LogP contribution in [0.1, 0.15) is 39.5 Å². The van der Waals surface area contributed by atoms with Gasteiger partial charge in [0.25, 0.3) is 0 Å². The zero-order valence-corrected chi connectivity index (χ0v) is 10.1. The molecule has 0 aromatic rings. The van der Waals surface area contributed by atoms with Crippen molar-refractivity contribution in [2.24, 2.45) is 5.92 Å². The van der Waals surface area contributed by atoms with Crippen LogP contribution in [0, 0.1) is 5.92 Å². The summed E-state index contributed by atoms with van der Waals surface area (Å²) in [6.07, 6.45) is 5.35. The number of aliphatic hydroxyl groups excluding tert-OH is 1. The van der Waals surface area contributed by atoms with Crippen molar-refractivity contribution in [2.75, 3.05) is 26.4 Å². The van der Waals surface area contributed by atoms with Gasteiger partial charge in [-0.15, -0.1) is 0 Å². The molecule has 90 valence electrons. The number of aliphatic hydroxyl groups is 1. The summed E-state index contributed by atoms with van der Waals surface area (Å²) in [6.45, 7) is 6.51. The van der Waals surface area contributed by atoms with Gasteiger partial charge in [-0.05, 0) is 32.2 Å². The van der Waals surface area contributed by atoms with Crippen LogP contribution in [0.15, 0.2) is 0 Å². The van der Waals surface area contributed by atoms with Crippen LogP contribution >= 0.6 is 0 Å². The molecule has 1 saturated carbocycles. The molecule has 15 heavy (non-hydrogen) atoms. The van der Waals surface area contributed by atoms with Crippen LogP contribution in [-0.4, -0.2) is 37.0 Å². The number of rotatable bonds is 7. The van der Waals surface area contributed by atoms with Crippen molar-refractivity contribution in [3.8, 4) is 0 Å². The highest BCUT2D eigenvalue weighted by Crippen LogP contribution is 2.24. The van der Waals surface area contributed by atoms with Crippen LogP contribution in [0.3, 0.4) is 0 Å². The predicted molar refractivity (Wildman–Crippen MR) is 61.9 cm³/mol. The van der Waals surface area contributed by atoms with Gasteiger partial charge in [0.1, 0.15) is 0 Å². The minimum atomic E-state index is -0.270. The number of nitrogens with one attached hydrogen (secondary N) is 1. The Labute approximate surface area is 93.2 Å². The molecule has 0 heterocycles. The van der Waals surface area contributed by atoms with Gasteiger partial charge in [-0.3, -0.25) is 0 Å². The minimum absolute atomic E-state index is 0.130. The van der Waals surface area contributed by atoms with E-state index in [0.717, 1.165) is 19.1 Å². The van der Waals surface area contributed by atoms with E-state index in [4.69, 9.17) is 4.74 Å². The first-order chi connectivity index (χ1) is 7.20. The summed E-state index contributed by atoms with van der Waals surface area (Å²) in [5.41, 5.74) is -0.270. The molecule has 1 aliphatic carbocycles. The summed E-state index contributed by atoms with van der Waals surface area (Å²) in [4.78, 5) is 0. The SMILES string of the molecule is CCNC(C)(CO)COCC1CCCC1. The van der Waals surface area contributed by atoms with E-state index >= 15 is 0 Å². The second kappa shape index (κ2) is 6.46. The molecule has 1 fully saturated rings. The molecule has 0 aromatic heterocycles. The molecular formula is C12H25NO2. The fraction of sp³-hybridized carbons (Fsp3) is 1.00. The third-order valence-corrected chi connectivity index (χ3v) is 3.20. The van der Waals surface area contributed by atoms with Crippen molar-refractivity contribution < 1.29 is 9.84 Å². The van der Waals surface area contributed by atoms with Gasteiger partial charge in [-0.1, -0.05) is 19.8 Å². The Morgan fingerprint density at radius 2 is 2.07 bits per heavy atom. The fourth-order valence-corrected chi connectivity index (χ4v) is 2.21. The third kappa shape index (κ3) is 4.49. The molecule has 1 atom stereocenters. The second-order valence-corrected chi connectivity index (χ2v) is 4.91. The Bertz CT molecular complexity index is 169. The van der Waals surface area contributed by atoms with E-state index in [1.807, 2.05) is 13.8 Å². The molecule has 1 rings (SSSR count). The molecule has 3 heteroatoms. The van der Waals surface area contributed by atoms with Crippen LogP contribution in [-0.2, 0) is 4.74 Å². The summed E-state index contributed by atoms with van der Waals surface area (Å²) in [7, 11) is 0. The average Bonchev–Trinajstić information content (AvgIpc) is 2.71. The average molecular weight is 215 g/mol. The lowest BCUT2D eigenvalue weighted by Gasteiger charge is -2.28. The van der Waals surface area contributed by atoms with Crippen LogP contribution in [0.5, 0.6) is 0 Å². The van der Waals surface area contributed by atoms with Crippen LogP contribution in [0.4, 0.5) is 0 Å². The smallest absolute Gasteiger partial charge is 0.0668 e. The first-order valence-electron chi connectivity index (χ1n) is 6.14. The Balaban J connectivity index is 2.15. The van der Waals surface area contributed by atoms with E-state index in [0.29, 0.717) is 6.61 Å². The molecule has 2 N–H and O–H groups in total. The Morgan fingerprint density at radius 1 is 1.40 bits per heavy atom. The molecule has 0 radical (unpaired) electrons. The number of hydrogen-bond donors (Lipinski definition) is 2. The largest absolute Gasteiger partial charge is 0.394 e. The monoisotopic (exact) mass is 215 g/mol. The maximum absolute atomic E-state index is 9.27. The van der Waals surface area contributed by atoms with Gasteiger partial charge < -0.3 is 15.2 Å². The normalized spacial score (nSPS) is 21.8. The van der Waals surface area contributed by atoms with E-state index in [1.165, 1.54) is 25.7 Å². The number of ether oxygens (including phenoxy) is 1. The highest BCUT2D eigenvalue weighted by atomic mass is 16.5. The van der Waals surface area contributed by atoms with Crippen molar-refractivity contribution in [3.05, 3.63) is 0 Å². The van der Waals surface area contributed by atoms with Crippen molar-refractivity contribution >= 4 is 0 Å². The standard InChI is InChI=1S/C12H25NO2/c1-3-13-12(2,9-14)10-15-8-11-6-4-5-7-11/h11,13-14H,3-10H2,1-2H3.